The minimum absolute atomic E-state index is 0.176. The van der Waals surface area contributed by atoms with Gasteiger partial charge in [-0.3, -0.25) is 9.69 Å². The molecule has 0 aliphatic carbocycles. The van der Waals surface area contributed by atoms with Gasteiger partial charge in [-0.25, -0.2) is 0 Å². The second-order valence-corrected chi connectivity index (χ2v) is 8.61. The van der Waals surface area contributed by atoms with E-state index in [0.717, 1.165) is 28.8 Å². The van der Waals surface area contributed by atoms with E-state index in [0.29, 0.717) is 24.9 Å². The first kappa shape index (κ1) is 21.3. The standard InChI is InChI=1S/C27H33NO/c1-6-28-17-25(15-21-7-11-23(12-8-21)19(2)3)27(29)26(18-28)16-22-9-13-24(14-10-22)20(4)5/h7-16,19-20H,6,17-18H2,1-5H3. The molecule has 0 amide bonds. The van der Waals surface area contributed by atoms with Crippen LogP contribution < -0.4 is 0 Å². The van der Waals surface area contributed by atoms with Crippen molar-refractivity contribution in [3.05, 3.63) is 81.9 Å². The van der Waals surface area contributed by atoms with E-state index in [1.807, 2.05) is 0 Å². The van der Waals surface area contributed by atoms with Crippen molar-refractivity contribution in [3.8, 4) is 0 Å². The van der Waals surface area contributed by atoms with Gasteiger partial charge in [-0.15, -0.1) is 0 Å². The molecule has 2 aromatic carbocycles. The van der Waals surface area contributed by atoms with E-state index in [-0.39, 0.29) is 5.78 Å². The number of likely N-dealkylation sites (tertiary alicyclic amines) is 1. The lowest BCUT2D eigenvalue weighted by Crippen LogP contribution is -2.37. The number of carbonyl (C=O) groups is 1. The summed E-state index contributed by atoms with van der Waals surface area (Å²) >= 11 is 0. The molecule has 0 radical (unpaired) electrons. The van der Waals surface area contributed by atoms with Crippen molar-refractivity contribution < 1.29 is 4.79 Å². The van der Waals surface area contributed by atoms with Crippen LogP contribution in [0.4, 0.5) is 0 Å². The Morgan fingerprint density at radius 3 is 1.45 bits per heavy atom. The maximum atomic E-state index is 13.2. The number of carbonyl (C=O) groups excluding carboxylic acids is 1. The van der Waals surface area contributed by atoms with Gasteiger partial charge in [0.1, 0.15) is 0 Å². The zero-order valence-electron chi connectivity index (χ0n) is 18.4. The summed E-state index contributed by atoms with van der Waals surface area (Å²) in [6.07, 6.45) is 4.12. The number of nitrogens with zero attached hydrogens (tertiary/aromatic N) is 1. The number of hydrogen-bond acceptors (Lipinski definition) is 2. The van der Waals surface area contributed by atoms with Crippen molar-refractivity contribution in [1.82, 2.24) is 4.90 Å². The number of likely N-dealkylation sites (N-methyl/N-ethyl adjacent to an activating group) is 1. The highest BCUT2D eigenvalue weighted by molar-refractivity contribution is 6.14. The monoisotopic (exact) mass is 387 g/mol. The molecule has 0 aromatic heterocycles. The lowest BCUT2D eigenvalue weighted by atomic mass is 9.93. The number of rotatable bonds is 5. The minimum Gasteiger partial charge on any atom is -0.295 e. The topological polar surface area (TPSA) is 20.3 Å². The normalized spacial score (nSPS) is 18.4. The molecule has 3 rings (SSSR count). The Kier molecular flexibility index (Phi) is 6.87. The van der Waals surface area contributed by atoms with E-state index in [1.54, 1.807) is 0 Å². The van der Waals surface area contributed by atoms with Crippen LogP contribution in [0.5, 0.6) is 0 Å². The molecule has 0 spiro atoms. The predicted octanol–water partition coefficient (Wildman–Crippen LogP) is 6.31. The summed E-state index contributed by atoms with van der Waals surface area (Å²) in [5.41, 5.74) is 6.58. The van der Waals surface area contributed by atoms with Gasteiger partial charge >= 0.3 is 0 Å². The van der Waals surface area contributed by atoms with Crippen LogP contribution in [0.15, 0.2) is 59.7 Å². The maximum absolute atomic E-state index is 13.2. The van der Waals surface area contributed by atoms with Crippen LogP contribution in [-0.2, 0) is 4.79 Å². The first-order chi connectivity index (χ1) is 13.9. The molecule has 1 saturated heterocycles. The van der Waals surface area contributed by atoms with E-state index in [2.05, 4.69) is 100 Å². The second-order valence-electron chi connectivity index (χ2n) is 8.61. The molecule has 1 aliphatic heterocycles. The molecule has 1 heterocycles. The Bertz CT molecular complexity index is 825. The maximum Gasteiger partial charge on any atom is 0.187 e. The third-order valence-corrected chi connectivity index (χ3v) is 5.71. The summed E-state index contributed by atoms with van der Waals surface area (Å²) in [6.45, 7) is 13.3. The van der Waals surface area contributed by atoms with Crippen molar-refractivity contribution in [2.45, 2.75) is 46.5 Å². The molecular weight excluding hydrogens is 354 g/mol. The number of ketones is 1. The average Bonchev–Trinajstić information content (AvgIpc) is 2.71. The summed E-state index contributed by atoms with van der Waals surface area (Å²) in [5.74, 6) is 1.20. The quantitative estimate of drug-likeness (QED) is 0.561. The fraction of sp³-hybridized carbons (Fsp3) is 0.370. The van der Waals surface area contributed by atoms with Crippen LogP contribution in [0, 0.1) is 0 Å². The Balaban J connectivity index is 1.88. The Labute approximate surface area is 175 Å². The Hall–Kier alpha value is -2.45. The van der Waals surface area contributed by atoms with E-state index < -0.39 is 0 Å². The molecule has 1 aliphatic rings. The van der Waals surface area contributed by atoms with Gasteiger partial charge in [0.2, 0.25) is 0 Å². The molecule has 1 fully saturated rings. The molecule has 152 valence electrons. The number of Topliss-reactive ketones (excluding diaryl/α,β-unsaturated/α-hetero) is 1. The summed E-state index contributed by atoms with van der Waals surface area (Å²) in [4.78, 5) is 15.5. The van der Waals surface area contributed by atoms with Crippen LogP contribution in [0.25, 0.3) is 12.2 Å². The minimum atomic E-state index is 0.176. The van der Waals surface area contributed by atoms with Gasteiger partial charge in [-0.2, -0.15) is 0 Å². The zero-order valence-corrected chi connectivity index (χ0v) is 18.4. The van der Waals surface area contributed by atoms with Crippen molar-refractivity contribution >= 4 is 17.9 Å². The molecule has 2 aromatic rings. The first-order valence-electron chi connectivity index (χ1n) is 10.8. The zero-order chi connectivity index (χ0) is 21.0. The van der Waals surface area contributed by atoms with E-state index in [1.165, 1.54) is 11.1 Å². The van der Waals surface area contributed by atoms with Gasteiger partial charge in [0.05, 0.1) is 0 Å². The lowest BCUT2D eigenvalue weighted by Gasteiger charge is -2.28. The SMILES string of the molecule is CCN1CC(=Cc2ccc(C(C)C)cc2)C(=O)C(=Cc2ccc(C(C)C)cc2)C1. The van der Waals surface area contributed by atoms with Crippen molar-refractivity contribution in [2.24, 2.45) is 0 Å². The molecule has 0 N–H and O–H groups in total. The summed E-state index contributed by atoms with van der Waals surface area (Å²) < 4.78 is 0. The van der Waals surface area contributed by atoms with Crippen LogP contribution in [0.3, 0.4) is 0 Å². The largest absolute Gasteiger partial charge is 0.295 e. The lowest BCUT2D eigenvalue weighted by molar-refractivity contribution is -0.113. The van der Waals surface area contributed by atoms with Gasteiger partial charge in [-0.1, -0.05) is 83.1 Å². The summed E-state index contributed by atoms with van der Waals surface area (Å²) in [5, 5.41) is 0. The van der Waals surface area contributed by atoms with Gasteiger partial charge in [-0.05, 0) is 52.8 Å². The summed E-state index contributed by atoms with van der Waals surface area (Å²) in [7, 11) is 0. The molecule has 0 bridgehead atoms. The third kappa shape index (κ3) is 5.33. The van der Waals surface area contributed by atoms with Crippen molar-refractivity contribution in [2.75, 3.05) is 19.6 Å². The van der Waals surface area contributed by atoms with E-state index in [9.17, 15) is 4.79 Å². The number of piperidine rings is 1. The predicted molar refractivity (Wildman–Crippen MR) is 124 cm³/mol. The fourth-order valence-corrected chi connectivity index (χ4v) is 3.69. The van der Waals surface area contributed by atoms with Gasteiger partial charge in [0.15, 0.2) is 5.78 Å². The van der Waals surface area contributed by atoms with E-state index in [4.69, 9.17) is 0 Å². The van der Waals surface area contributed by atoms with Crippen LogP contribution in [0.2, 0.25) is 0 Å². The highest BCUT2D eigenvalue weighted by Crippen LogP contribution is 2.24. The smallest absolute Gasteiger partial charge is 0.187 e. The Morgan fingerprint density at radius 1 is 0.759 bits per heavy atom. The van der Waals surface area contributed by atoms with E-state index >= 15 is 0 Å². The molecule has 0 saturated carbocycles. The van der Waals surface area contributed by atoms with Gasteiger partial charge in [0, 0.05) is 24.2 Å². The van der Waals surface area contributed by atoms with Crippen molar-refractivity contribution in [3.63, 3.8) is 0 Å². The molecule has 2 heteroatoms. The van der Waals surface area contributed by atoms with Crippen LogP contribution in [0.1, 0.15) is 68.7 Å². The number of hydrogen-bond donors (Lipinski definition) is 0. The molecule has 0 atom stereocenters. The number of benzene rings is 2. The van der Waals surface area contributed by atoms with Gasteiger partial charge in [0.25, 0.3) is 0 Å². The van der Waals surface area contributed by atoms with Gasteiger partial charge < -0.3 is 0 Å². The fourth-order valence-electron chi connectivity index (χ4n) is 3.69. The molecule has 29 heavy (non-hydrogen) atoms. The molecule has 0 unspecified atom stereocenters. The van der Waals surface area contributed by atoms with Crippen molar-refractivity contribution in [1.29, 1.82) is 0 Å². The third-order valence-electron chi connectivity index (χ3n) is 5.71. The second kappa shape index (κ2) is 9.37. The van der Waals surface area contributed by atoms with Crippen LogP contribution >= 0.6 is 0 Å². The Morgan fingerprint density at radius 2 is 1.14 bits per heavy atom. The molecule has 2 nitrogen and oxygen atoms in total. The average molecular weight is 388 g/mol. The molecular formula is C27H33NO. The van der Waals surface area contributed by atoms with Crippen LogP contribution in [-0.4, -0.2) is 30.3 Å². The summed E-state index contributed by atoms with van der Waals surface area (Å²) in [6, 6.07) is 17.1. The first-order valence-corrected chi connectivity index (χ1v) is 10.8. The highest BCUT2D eigenvalue weighted by Gasteiger charge is 2.25. The highest BCUT2D eigenvalue weighted by atomic mass is 16.1.